The van der Waals surface area contributed by atoms with Crippen molar-refractivity contribution in [3.8, 4) is 0 Å². The maximum Gasteiger partial charge on any atom is 0.0914 e. The van der Waals surface area contributed by atoms with Gasteiger partial charge in [-0.25, -0.2) is 0 Å². The topological polar surface area (TPSA) is 9.23 Å². The zero-order valence-corrected chi connectivity index (χ0v) is 8.89. The van der Waals surface area contributed by atoms with Crippen molar-refractivity contribution in [3.63, 3.8) is 0 Å². The summed E-state index contributed by atoms with van der Waals surface area (Å²) in [5, 5.41) is 0. The van der Waals surface area contributed by atoms with Gasteiger partial charge in [-0.15, -0.1) is 0 Å². The van der Waals surface area contributed by atoms with Crippen molar-refractivity contribution < 1.29 is 4.74 Å². The van der Waals surface area contributed by atoms with E-state index < -0.39 is 0 Å². The average Bonchev–Trinajstić information content (AvgIpc) is 2.03. The fourth-order valence-electron chi connectivity index (χ4n) is 0.808. The number of halogens is 1. The molecule has 2 heteroatoms. The third-order valence-electron chi connectivity index (χ3n) is 1.44. The van der Waals surface area contributed by atoms with Gasteiger partial charge in [0.15, 0.2) is 0 Å². The first-order chi connectivity index (χ1) is 5.68. The Morgan fingerprint density at radius 2 is 1.83 bits per heavy atom. The molecule has 0 bridgehead atoms. The van der Waals surface area contributed by atoms with E-state index in [0.717, 1.165) is 10.6 Å². The van der Waals surface area contributed by atoms with Crippen molar-refractivity contribution in [2.45, 2.75) is 20.5 Å². The Morgan fingerprint density at radius 3 is 2.33 bits per heavy atom. The SMILES string of the molecule is C[C](C)OCc1ccc(Br)cc1. The molecule has 65 valence electrons. The zero-order valence-electron chi connectivity index (χ0n) is 7.30. The molecular formula is C10H12BrO. The van der Waals surface area contributed by atoms with Crippen LogP contribution in [0.1, 0.15) is 19.4 Å². The van der Waals surface area contributed by atoms with Crippen molar-refractivity contribution in [2.24, 2.45) is 0 Å². The van der Waals surface area contributed by atoms with Gasteiger partial charge >= 0.3 is 0 Å². The molecule has 1 nitrogen and oxygen atoms in total. The zero-order chi connectivity index (χ0) is 8.97. The van der Waals surface area contributed by atoms with Crippen LogP contribution in [0.25, 0.3) is 0 Å². The predicted molar refractivity (Wildman–Crippen MR) is 53.5 cm³/mol. The lowest BCUT2D eigenvalue weighted by molar-refractivity contribution is 0.143. The summed E-state index contributed by atoms with van der Waals surface area (Å²) < 4.78 is 6.47. The van der Waals surface area contributed by atoms with Crippen molar-refractivity contribution in [2.75, 3.05) is 0 Å². The predicted octanol–water partition coefficient (Wildman–Crippen LogP) is 3.54. The smallest absolute Gasteiger partial charge is 0.0914 e. The van der Waals surface area contributed by atoms with Crippen LogP contribution in [0.2, 0.25) is 0 Å². The first-order valence-corrected chi connectivity index (χ1v) is 4.65. The van der Waals surface area contributed by atoms with Crippen LogP contribution in [0, 0.1) is 6.10 Å². The number of benzene rings is 1. The number of rotatable bonds is 3. The minimum Gasteiger partial charge on any atom is -0.368 e. The summed E-state index contributed by atoms with van der Waals surface area (Å²) in [5.41, 5.74) is 1.19. The molecule has 1 aromatic carbocycles. The monoisotopic (exact) mass is 227 g/mol. The van der Waals surface area contributed by atoms with Crippen molar-refractivity contribution in [1.29, 1.82) is 0 Å². The number of ether oxygens (including phenoxy) is 1. The molecule has 0 saturated carbocycles. The average molecular weight is 228 g/mol. The lowest BCUT2D eigenvalue weighted by atomic mass is 10.2. The van der Waals surface area contributed by atoms with Crippen LogP contribution in [0.15, 0.2) is 28.7 Å². The van der Waals surface area contributed by atoms with Gasteiger partial charge in [0.05, 0.1) is 12.7 Å². The van der Waals surface area contributed by atoms with Crippen LogP contribution in [-0.2, 0) is 11.3 Å². The van der Waals surface area contributed by atoms with Crippen LogP contribution in [0.4, 0.5) is 0 Å². The van der Waals surface area contributed by atoms with E-state index in [1.54, 1.807) is 0 Å². The van der Waals surface area contributed by atoms with Crippen LogP contribution in [0.3, 0.4) is 0 Å². The van der Waals surface area contributed by atoms with E-state index in [9.17, 15) is 0 Å². The second-order valence-corrected chi connectivity index (χ2v) is 3.74. The molecule has 0 aliphatic carbocycles. The summed E-state index contributed by atoms with van der Waals surface area (Å²) in [6.45, 7) is 4.58. The van der Waals surface area contributed by atoms with Gasteiger partial charge in [-0.2, -0.15) is 0 Å². The Bertz CT molecular complexity index is 228. The van der Waals surface area contributed by atoms with Gasteiger partial charge in [0.1, 0.15) is 0 Å². The van der Waals surface area contributed by atoms with Crippen molar-refractivity contribution in [1.82, 2.24) is 0 Å². The summed E-state index contributed by atoms with van der Waals surface area (Å²) in [6.07, 6.45) is 0.998. The summed E-state index contributed by atoms with van der Waals surface area (Å²) in [7, 11) is 0. The molecule has 0 aliphatic rings. The Morgan fingerprint density at radius 1 is 1.25 bits per heavy atom. The van der Waals surface area contributed by atoms with E-state index >= 15 is 0 Å². The molecular weight excluding hydrogens is 216 g/mol. The minimum atomic E-state index is 0.662. The van der Waals surface area contributed by atoms with Gasteiger partial charge < -0.3 is 4.74 Å². The molecule has 0 saturated heterocycles. The standard InChI is InChI=1S/C10H12BrO/c1-8(2)12-7-9-3-5-10(11)6-4-9/h3-6H,7H2,1-2H3. The van der Waals surface area contributed by atoms with E-state index in [0.29, 0.717) is 6.61 Å². The van der Waals surface area contributed by atoms with Crippen LogP contribution in [0.5, 0.6) is 0 Å². The highest BCUT2D eigenvalue weighted by atomic mass is 79.9. The first-order valence-electron chi connectivity index (χ1n) is 3.86. The van der Waals surface area contributed by atoms with Crippen LogP contribution in [-0.4, -0.2) is 0 Å². The molecule has 0 fully saturated rings. The molecule has 0 aromatic heterocycles. The third-order valence-corrected chi connectivity index (χ3v) is 1.97. The highest BCUT2D eigenvalue weighted by Crippen LogP contribution is 2.12. The van der Waals surface area contributed by atoms with E-state index in [4.69, 9.17) is 4.74 Å². The van der Waals surface area contributed by atoms with E-state index in [1.165, 1.54) is 5.56 Å². The Labute approximate surface area is 81.9 Å². The Hall–Kier alpha value is -0.340. The largest absolute Gasteiger partial charge is 0.368 e. The highest BCUT2D eigenvalue weighted by Gasteiger charge is 1.96. The van der Waals surface area contributed by atoms with Gasteiger partial charge in [0.25, 0.3) is 0 Å². The Balaban J connectivity index is 2.48. The van der Waals surface area contributed by atoms with Crippen molar-refractivity contribution >= 4 is 15.9 Å². The quantitative estimate of drug-likeness (QED) is 0.768. The van der Waals surface area contributed by atoms with Crippen LogP contribution < -0.4 is 0 Å². The third kappa shape index (κ3) is 3.37. The summed E-state index contributed by atoms with van der Waals surface area (Å²) in [4.78, 5) is 0. The molecule has 1 aromatic rings. The number of hydrogen-bond acceptors (Lipinski definition) is 1. The van der Waals surface area contributed by atoms with Gasteiger partial charge in [0, 0.05) is 4.47 Å². The fourth-order valence-corrected chi connectivity index (χ4v) is 1.07. The summed E-state index contributed by atoms with van der Waals surface area (Å²) >= 11 is 3.38. The Kier molecular flexibility index (Phi) is 3.76. The lowest BCUT2D eigenvalue weighted by Crippen LogP contribution is -1.94. The number of hydrogen-bond donors (Lipinski definition) is 0. The molecule has 0 unspecified atom stereocenters. The molecule has 0 N–H and O–H groups in total. The fraction of sp³-hybridized carbons (Fsp3) is 0.300. The maximum absolute atomic E-state index is 5.37. The molecule has 0 atom stereocenters. The molecule has 0 aliphatic heterocycles. The first kappa shape index (κ1) is 9.75. The van der Waals surface area contributed by atoms with Crippen LogP contribution >= 0.6 is 15.9 Å². The molecule has 12 heavy (non-hydrogen) atoms. The second-order valence-electron chi connectivity index (χ2n) is 2.82. The van der Waals surface area contributed by atoms with Gasteiger partial charge in [-0.05, 0) is 31.5 Å². The normalized spacial score (nSPS) is 10.7. The minimum absolute atomic E-state index is 0.662. The van der Waals surface area contributed by atoms with Crippen molar-refractivity contribution in [3.05, 3.63) is 40.4 Å². The van der Waals surface area contributed by atoms with Gasteiger partial charge in [0.2, 0.25) is 0 Å². The van der Waals surface area contributed by atoms with Gasteiger partial charge in [-0.3, -0.25) is 0 Å². The molecule has 0 spiro atoms. The maximum atomic E-state index is 5.37. The summed E-state index contributed by atoms with van der Waals surface area (Å²) in [6, 6.07) is 8.13. The summed E-state index contributed by atoms with van der Waals surface area (Å²) in [5.74, 6) is 0. The van der Waals surface area contributed by atoms with E-state index in [-0.39, 0.29) is 0 Å². The van der Waals surface area contributed by atoms with Gasteiger partial charge in [-0.1, -0.05) is 28.1 Å². The highest BCUT2D eigenvalue weighted by molar-refractivity contribution is 9.10. The molecule has 1 radical (unpaired) electrons. The lowest BCUT2D eigenvalue weighted by Gasteiger charge is -2.05. The molecule has 0 heterocycles. The molecule has 1 rings (SSSR count). The second kappa shape index (κ2) is 4.63. The van der Waals surface area contributed by atoms with E-state index in [2.05, 4.69) is 15.9 Å². The molecule has 0 amide bonds. The van der Waals surface area contributed by atoms with E-state index in [1.807, 2.05) is 38.1 Å².